The van der Waals surface area contributed by atoms with Gasteiger partial charge in [0.15, 0.2) is 4.67 Å². The Morgan fingerprint density at radius 1 is 1.53 bits per heavy atom. The zero-order chi connectivity index (χ0) is 12.1. The van der Waals surface area contributed by atoms with Crippen LogP contribution in [0.2, 0.25) is 0 Å². The van der Waals surface area contributed by atoms with E-state index in [0.29, 0.717) is 16.9 Å². The molecule has 2 aromatic rings. The second-order valence-electron chi connectivity index (χ2n) is 3.19. The number of hydrazone groups is 1. The smallest absolute Gasteiger partial charge is 0.245 e. The Bertz CT molecular complexity index is 519. The Hall–Kier alpha value is -1.40. The maximum absolute atomic E-state index is 11.4. The Labute approximate surface area is 110 Å². The normalized spacial score (nSPS) is 10.9. The van der Waals surface area contributed by atoms with E-state index in [-0.39, 0.29) is 5.91 Å². The van der Waals surface area contributed by atoms with Gasteiger partial charge < -0.3 is 4.42 Å². The second-order valence-corrected chi connectivity index (χ2v) is 5.01. The minimum Gasteiger partial charge on any atom is -0.448 e. The summed E-state index contributed by atoms with van der Waals surface area (Å²) in [6, 6.07) is 7.34. The van der Waals surface area contributed by atoms with Gasteiger partial charge in [0.2, 0.25) is 5.91 Å². The molecule has 0 spiro atoms. The predicted molar refractivity (Wildman–Crippen MR) is 70.2 cm³/mol. The van der Waals surface area contributed by atoms with Gasteiger partial charge in [0, 0.05) is 4.88 Å². The van der Waals surface area contributed by atoms with Gasteiger partial charge in [-0.15, -0.1) is 11.3 Å². The maximum Gasteiger partial charge on any atom is 0.245 e. The first kappa shape index (κ1) is 12.1. The van der Waals surface area contributed by atoms with Crippen LogP contribution in [0.1, 0.15) is 10.6 Å². The summed E-state index contributed by atoms with van der Waals surface area (Å²) < 4.78 is 5.82. The van der Waals surface area contributed by atoms with Crippen molar-refractivity contribution < 1.29 is 9.21 Å². The number of furan rings is 1. The van der Waals surface area contributed by atoms with Crippen molar-refractivity contribution in [3.63, 3.8) is 0 Å². The van der Waals surface area contributed by atoms with Crippen LogP contribution in [0.4, 0.5) is 0 Å². The highest BCUT2D eigenvalue weighted by Crippen LogP contribution is 2.12. The van der Waals surface area contributed by atoms with E-state index >= 15 is 0 Å². The summed E-state index contributed by atoms with van der Waals surface area (Å²) in [5.41, 5.74) is 2.44. The van der Waals surface area contributed by atoms with Crippen molar-refractivity contribution in [2.75, 3.05) is 0 Å². The van der Waals surface area contributed by atoms with Crippen molar-refractivity contribution in [1.29, 1.82) is 0 Å². The molecule has 88 valence electrons. The molecule has 2 aromatic heterocycles. The average molecular weight is 313 g/mol. The van der Waals surface area contributed by atoms with E-state index in [2.05, 4.69) is 26.5 Å². The molecular weight excluding hydrogens is 304 g/mol. The maximum atomic E-state index is 11.4. The zero-order valence-corrected chi connectivity index (χ0v) is 11.1. The van der Waals surface area contributed by atoms with Crippen molar-refractivity contribution >= 4 is 39.4 Å². The van der Waals surface area contributed by atoms with Crippen LogP contribution in [0.5, 0.6) is 0 Å². The molecule has 1 amide bonds. The van der Waals surface area contributed by atoms with Gasteiger partial charge in [-0.3, -0.25) is 4.79 Å². The van der Waals surface area contributed by atoms with Gasteiger partial charge in [-0.1, -0.05) is 6.07 Å². The number of halogens is 1. The highest BCUT2D eigenvalue weighted by Gasteiger charge is 2.02. The molecule has 0 saturated heterocycles. The van der Waals surface area contributed by atoms with E-state index in [1.807, 2.05) is 17.5 Å². The second kappa shape index (κ2) is 5.79. The third-order valence-corrected chi connectivity index (χ3v) is 3.19. The monoisotopic (exact) mass is 312 g/mol. The molecule has 2 heterocycles. The number of hydrogen-bond acceptors (Lipinski definition) is 4. The first-order valence-corrected chi connectivity index (χ1v) is 6.51. The number of nitrogens with one attached hydrogen (secondary N) is 1. The average Bonchev–Trinajstić information content (AvgIpc) is 2.90. The standard InChI is InChI=1S/C11H9BrN2O2S/c12-10-4-3-8(16-10)7-13-14-11(15)6-9-2-1-5-17-9/h1-5,7H,6H2,(H,14,15). The molecule has 0 bridgehead atoms. The van der Waals surface area contributed by atoms with E-state index < -0.39 is 0 Å². The lowest BCUT2D eigenvalue weighted by molar-refractivity contribution is -0.120. The molecule has 6 heteroatoms. The third kappa shape index (κ3) is 3.83. The zero-order valence-electron chi connectivity index (χ0n) is 8.72. The quantitative estimate of drug-likeness (QED) is 0.697. The number of nitrogens with zero attached hydrogens (tertiary/aromatic N) is 1. The molecule has 0 saturated carbocycles. The van der Waals surface area contributed by atoms with Gasteiger partial charge in [-0.25, -0.2) is 5.43 Å². The summed E-state index contributed by atoms with van der Waals surface area (Å²) in [5.74, 6) is 0.433. The number of carbonyl (C=O) groups excluding carboxylic acids is 1. The van der Waals surface area contributed by atoms with Crippen molar-refractivity contribution in [3.8, 4) is 0 Å². The summed E-state index contributed by atoms with van der Waals surface area (Å²) >= 11 is 4.73. The molecule has 17 heavy (non-hydrogen) atoms. The third-order valence-electron chi connectivity index (χ3n) is 1.89. The van der Waals surface area contributed by atoms with E-state index in [0.717, 1.165) is 4.88 Å². The van der Waals surface area contributed by atoms with Gasteiger partial charge in [-0.2, -0.15) is 5.10 Å². The largest absolute Gasteiger partial charge is 0.448 e. The van der Waals surface area contributed by atoms with Gasteiger partial charge in [0.1, 0.15) is 5.76 Å². The fraction of sp³-hybridized carbons (Fsp3) is 0.0909. The number of amides is 1. The molecular formula is C11H9BrN2O2S. The number of carbonyl (C=O) groups is 1. The van der Waals surface area contributed by atoms with Crippen LogP contribution >= 0.6 is 27.3 Å². The van der Waals surface area contributed by atoms with Crippen molar-refractivity contribution in [2.24, 2.45) is 5.10 Å². The molecule has 0 aliphatic rings. The molecule has 0 aliphatic heterocycles. The number of rotatable bonds is 4. The van der Waals surface area contributed by atoms with Crippen LogP contribution in [0.25, 0.3) is 0 Å². The Balaban J connectivity index is 1.82. The molecule has 0 radical (unpaired) electrons. The van der Waals surface area contributed by atoms with E-state index in [1.54, 1.807) is 23.5 Å². The van der Waals surface area contributed by atoms with Crippen LogP contribution in [0, 0.1) is 0 Å². The number of thiophene rings is 1. The summed E-state index contributed by atoms with van der Waals surface area (Å²) in [7, 11) is 0. The summed E-state index contributed by atoms with van der Waals surface area (Å²) in [4.78, 5) is 12.5. The highest BCUT2D eigenvalue weighted by molar-refractivity contribution is 9.10. The van der Waals surface area contributed by atoms with Crippen LogP contribution in [-0.2, 0) is 11.2 Å². The molecule has 0 atom stereocenters. The molecule has 0 aliphatic carbocycles. The fourth-order valence-corrected chi connectivity index (χ4v) is 2.20. The molecule has 1 N–H and O–H groups in total. The van der Waals surface area contributed by atoms with E-state index in [1.165, 1.54) is 6.21 Å². The Kier molecular flexibility index (Phi) is 4.11. The lowest BCUT2D eigenvalue weighted by Gasteiger charge is -1.95. The molecule has 4 nitrogen and oxygen atoms in total. The van der Waals surface area contributed by atoms with Gasteiger partial charge in [-0.05, 0) is 39.5 Å². The van der Waals surface area contributed by atoms with Crippen molar-refractivity contribution in [3.05, 3.63) is 45.0 Å². The highest BCUT2D eigenvalue weighted by atomic mass is 79.9. The van der Waals surface area contributed by atoms with E-state index in [9.17, 15) is 4.79 Å². The van der Waals surface area contributed by atoms with E-state index in [4.69, 9.17) is 4.42 Å². The minimum atomic E-state index is -0.144. The summed E-state index contributed by atoms with van der Waals surface area (Å²) in [6.07, 6.45) is 1.80. The molecule has 0 aromatic carbocycles. The SMILES string of the molecule is O=C(Cc1cccs1)NN=Cc1ccc(Br)o1. The molecule has 0 unspecified atom stereocenters. The van der Waals surface area contributed by atoms with Crippen LogP contribution in [-0.4, -0.2) is 12.1 Å². The lowest BCUT2D eigenvalue weighted by Crippen LogP contribution is -2.19. The van der Waals surface area contributed by atoms with Crippen molar-refractivity contribution in [2.45, 2.75) is 6.42 Å². The van der Waals surface area contributed by atoms with Crippen LogP contribution in [0.15, 0.2) is 43.8 Å². The first-order valence-electron chi connectivity index (χ1n) is 4.83. The summed E-state index contributed by atoms with van der Waals surface area (Å²) in [5, 5.41) is 5.74. The Morgan fingerprint density at radius 2 is 2.41 bits per heavy atom. The minimum absolute atomic E-state index is 0.144. The lowest BCUT2D eigenvalue weighted by atomic mass is 10.3. The van der Waals surface area contributed by atoms with Gasteiger partial charge in [0.05, 0.1) is 12.6 Å². The van der Waals surface area contributed by atoms with Crippen LogP contribution in [0.3, 0.4) is 0 Å². The van der Waals surface area contributed by atoms with Crippen molar-refractivity contribution in [1.82, 2.24) is 5.43 Å². The Morgan fingerprint density at radius 3 is 3.06 bits per heavy atom. The van der Waals surface area contributed by atoms with Crippen LogP contribution < -0.4 is 5.43 Å². The first-order chi connectivity index (χ1) is 8.24. The predicted octanol–water partition coefficient (Wildman–Crippen LogP) is 2.80. The van der Waals surface area contributed by atoms with Gasteiger partial charge >= 0.3 is 0 Å². The topological polar surface area (TPSA) is 54.6 Å². The summed E-state index contributed by atoms with van der Waals surface area (Å²) in [6.45, 7) is 0. The molecule has 2 rings (SSSR count). The number of hydrogen-bond donors (Lipinski definition) is 1. The fourth-order valence-electron chi connectivity index (χ4n) is 1.18. The molecule has 0 fully saturated rings. The van der Waals surface area contributed by atoms with Gasteiger partial charge in [0.25, 0.3) is 0 Å².